The highest BCUT2D eigenvalue weighted by atomic mass is 16.2. The van der Waals surface area contributed by atoms with Gasteiger partial charge in [-0.05, 0) is 26.0 Å². The summed E-state index contributed by atoms with van der Waals surface area (Å²) in [6.45, 7) is 4.13. The third-order valence-corrected chi connectivity index (χ3v) is 2.06. The van der Waals surface area contributed by atoms with E-state index in [1.165, 1.54) is 0 Å². The quantitative estimate of drug-likeness (QED) is 0.783. The minimum absolute atomic E-state index is 0.0271. The number of nitrogens with zero attached hydrogens (tertiary/aromatic N) is 2. The van der Waals surface area contributed by atoms with Crippen molar-refractivity contribution in [3.8, 4) is 0 Å². The van der Waals surface area contributed by atoms with Crippen LogP contribution in [0.25, 0.3) is 0 Å². The van der Waals surface area contributed by atoms with E-state index in [0.717, 1.165) is 5.69 Å². The summed E-state index contributed by atoms with van der Waals surface area (Å²) in [5, 5.41) is 2.82. The smallest absolute Gasteiger partial charge is 0.239 e. The molecule has 0 unspecified atom stereocenters. The summed E-state index contributed by atoms with van der Waals surface area (Å²) in [6, 6.07) is 3.78. The Labute approximate surface area is 95.7 Å². The topological polar surface area (TPSA) is 71.2 Å². The zero-order chi connectivity index (χ0) is 12.1. The number of amides is 1. The Bertz CT molecular complexity index is 365. The first-order chi connectivity index (χ1) is 7.50. The zero-order valence-electron chi connectivity index (χ0n) is 9.90. The van der Waals surface area contributed by atoms with Crippen molar-refractivity contribution in [1.29, 1.82) is 0 Å². The Morgan fingerprint density at radius 1 is 1.62 bits per heavy atom. The number of anilines is 2. The molecule has 1 amide bonds. The van der Waals surface area contributed by atoms with Crippen LogP contribution in [0.4, 0.5) is 11.5 Å². The molecule has 0 aliphatic rings. The summed E-state index contributed by atoms with van der Waals surface area (Å²) < 4.78 is 0. The number of likely N-dealkylation sites (N-methyl/N-ethyl adjacent to an activating group) is 1. The summed E-state index contributed by atoms with van der Waals surface area (Å²) in [7, 11) is 1.81. The van der Waals surface area contributed by atoms with Crippen molar-refractivity contribution in [2.45, 2.75) is 19.9 Å². The molecular formula is C11H18N4O. The normalized spacial score (nSPS) is 10.2. The Balaban J connectivity index is 2.62. The summed E-state index contributed by atoms with van der Waals surface area (Å²) in [5.41, 5.74) is 6.48. The average Bonchev–Trinajstić information content (AvgIpc) is 2.16. The third kappa shape index (κ3) is 3.42. The summed E-state index contributed by atoms with van der Waals surface area (Å²) in [4.78, 5) is 17.3. The molecular weight excluding hydrogens is 204 g/mol. The molecule has 0 aliphatic carbocycles. The fourth-order valence-corrected chi connectivity index (χ4v) is 1.40. The number of pyridine rings is 1. The molecule has 0 radical (unpaired) electrons. The van der Waals surface area contributed by atoms with Gasteiger partial charge in [-0.15, -0.1) is 0 Å². The Morgan fingerprint density at radius 3 is 2.88 bits per heavy atom. The number of nitrogens with one attached hydrogen (secondary N) is 1. The van der Waals surface area contributed by atoms with Gasteiger partial charge in [0.25, 0.3) is 0 Å². The molecule has 88 valence electrons. The van der Waals surface area contributed by atoms with E-state index in [0.29, 0.717) is 5.82 Å². The van der Waals surface area contributed by atoms with Crippen LogP contribution in [-0.2, 0) is 4.79 Å². The van der Waals surface area contributed by atoms with Gasteiger partial charge in [-0.2, -0.15) is 0 Å². The molecule has 1 heterocycles. The second-order valence-corrected chi connectivity index (χ2v) is 3.99. The van der Waals surface area contributed by atoms with Crippen LogP contribution >= 0.6 is 0 Å². The first kappa shape index (κ1) is 12.3. The van der Waals surface area contributed by atoms with Crippen molar-refractivity contribution < 1.29 is 4.79 Å². The van der Waals surface area contributed by atoms with Crippen molar-refractivity contribution in [3.63, 3.8) is 0 Å². The fraction of sp³-hybridized carbons (Fsp3) is 0.455. The van der Waals surface area contributed by atoms with Crippen molar-refractivity contribution in [2.24, 2.45) is 0 Å². The van der Waals surface area contributed by atoms with Crippen LogP contribution in [0.15, 0.2) is 18.3 Å². The van der Waals surface area contributed by atoms with E-state index < -0.39 is 0 Å². The standard InChI is InChI=1S/C11H18N4O/c1-8(2)14-10(16)7-15(3)9-5-4-6-13-11(9)12/h4-6,8H,7H2,1-3H3,(H2,12,13)(H,14,16). The van der Waals surface area contributed by atoms with Gasteiger partial charge in [0.2, 0.25) is 5.91 Å². The van der Waals surface area contributed by atoms with Crippen LogP contribution in [0.1, 0.15) is 13.8 Å². The lowest BCUT2D eigenvalue weighted by Gasteiger charge is -2.20. The number of carbonyl (C=O) groups is 1. The van der Waals surface area contributed by atoms with Crippen LogP contribution in [0, 0.1) is 0 Å². The van der Waals surface area contributed by atoms with Crippen LogP contribution in [0.5, 0.6) is 0 Å². The van der Waals surface area contributed by atoms with Gasteiger partial charge in [0.1, 0.15) is 5.82 Å². The lowest BCUT2D eigenvalue weighted by atomic mass is 10.3. The minimum Gasteiger partial charge on any atom is -0.382 e. The van der Waals surface area contributed by atoms with Crippen molar-refractivity contribution in [1.82, 2.24) is 10.3 Å². The molecule has 0 aromatic carbocycles. The number of hydrogen-bond donors (Lipinski definition) is 2. The molecule has 5 nitrogen and oxygen atoms in total. The summed E-state index contributed by atoms with van der Waals surface area (Å²) in [5.74, 6) is 0.406. The second-order valence-electron chi connectivity index (χ2n) is 3.99. The number of nitrogen functional groups attached to an aromatic ring is 1. The SMILES string of the molecule is CC(C)NC(=O)CN(C)c1cccnc1N. The van der Waals surface area contributed by atoms with Crippen LogP contribution < -0.4 is 16.0 Å². The molecule has 0 atom stereocenters. The van der Waals surface area contributed by atoms with Gasteiger partial charge in [-0.3, -0.25) is 4.79 Å². The molecule has 1 aromatic rings. The van der Waals surface area contributed by atoms with E-state index in [2.05, 4.69) is 10.3 Å². The van der Waals surface area contributed by atoms with Crippen LogP contribution in [0.3, 0.4) is 0 Å². The van der Waals surface area contributed by atoms with Crippen molar-refractivity contribution in [3.05, 3.63) is 18.3 Å². The van der Waals surface area contributed by atoms with Gasteiger partial charge >= 0.3 is 0 Å². The van der Waals surface area contributed by atoms with Crippen LogP contribution in [-0.4, -0.2) is 30.5 Å². The maximum Gasteiger partial charge on any atom is 0.239 e. The molecule has 0 spiro atoms. The average molecular weight is 222 g/mol. The Morgan fingerprint density at radius 2 is 2.31 bits per heavy atom. The third-order valence-electron chi connectivity index (χ3n) is 2.06. The molecule has 1 rings (SSSR count). The van der Waals surface area contributed by atoms with E-state index in [1.807, 2.05) is 27.0 Å². The van der Waals surface area contributed by atoms with Gasteiger partial charge in [0, 0.05) is 19.3 Å². The molecule has 16 heavy (non-hydrogen) atoms. The minimum atomic E-state index is -0.0271. The maximum absolute atomic E-state index is 11.5. The molecule has 0 bridgehead atoms. The van der Waals surface area contributed by atoms with E-state index in [9.17, 15) is 4.79 Å². The highest BCUT2D eigenvalue weighted by Gasteiger charge is 2.10. The zero-order valence-corrected chi connectivity index (χ0v) is 9.90. The van der Waals surface area contributed by atoms with Gasteiger partial charge in [0.05, 0.1) is 12.2 Å². The fourth-order valence-electron chi connectivity index (χ4n) is 1.40. The van der Waals surface area contributed by atoms with E-state index in [4.69, 9.17) is 5.73 Å². The lowest BCUT2D eigenvalue weighted by Crippen LogP contribution is -2.38. The largest absolute Gasteiger partial charge is 0.382 e. The molecule has 5 heteroatoms. The van der Waals surface area contributed by atoms with Gasteiger partial charge in [0.15, 0.2) is 0 Å². The first-order valence-electron chi connectivity index (χ1n) is 5.21. The molecule has 0 aliphatic heterocycles. The Kier molecular flexibility index (Phi) is 4.10. The van der Waals surface area contributed by atoms with Gasteiger partial charge in [-0.25, -0.2) is 4.98 Å². The van der Waals surface area contributed by atoms with E-state index >= 15 is 0 Å². The van der Waals surface area contributed by atoms with Crippen molar-refractivity contribution in [2.75, 3.05) is 24.2 Å². The van der Waals surface area contributed by atoms with E-state index in [1.54, 1.807) is 17.2 Å². The maximum atomic E-state index is 11.5. The lowest BCUT2D eigenvalue weighted by molar-refractivity contribution is -0.120. The number of carbonyl (C=O) groups excluding carboxylic acids is 1. The van der Waals surface area contributed by atoms with E-state index in [-0.39, 0.29) is 18.5 Å². The summed E-state index contributed by atoms with van der Waals surface area (Å²) in [6.07, 6.45) is 1.63. The number of aromatic nitrogens is 1. The number of hydrogen-bond acceptors (Lipinski definition) is 4. The molecule has 1 aromatic heterocycles. The highest BCUT2D eigenvalue weighted by Crippen LogP contribution is 2.17. The predicted octanol–water partition coefficient (Wildman–Crippen LogP) is 0.625. The predicted molar refractivity (Wildman–Crippen MR) is 65.2 cm³/mol. The molecule has 0 saturated heterocycles. The van der Waals surface area contributed by atoms with Gasteiger partial charge < -0.3 is 16.0 Å². The van der Waals surface area contributed by atoms with Crippen LogP contribution in [0.2, 0.25) is 0 Å². The highest BCUT2D eigenvalue weighted by molar-refractivity contribution is 5.82. The summed E-state index contributed by atoms with van der Waals surface area (Å²) >= 11 is 0. The first-order valence-corrected chi connectivity index (χ1v) is 5.21. The Hall–Kier alpha value is -1.78. The van der Waals surface area contributed by atoms with Gasteiger partial charge in [-0.1, -0.05) is 0 Å². The molecule has 0 saturated carbocycles. The number of rotatable bonds is 4. The molecule has 0 fully saturated rings. The number of nitrogens with two attached hydrogens (primary N) is 1. The monoisotopic (exact) mass is 222 g/mol. The second kappa shape index (κ2) is 5.34. The molecule has 3 N–H and O–H groups in total. The van der Waals surface area contributed by atoms with Crippen molar-refractivity contribution >= 4 is 17.4 Å².